The third kappa shape index (κ3) is 4.75. The van der Waals surface area contributed by atoms with Gasteiger partial charge in [-0.05, 0) is 40.2 Å². The topological polar surface area (TPSA) is 51.2 Å². The van der Waals surface area contributed by atoms with Crippen molar-refractivity contribution < 1.29 is 22.7 Å². The number of hydrogen-bond acceptors (Lipinski definition) is 3. The lowest BCUT2D eigenvalue weighted by molar-refractivity contribution is -0.274. The molecular weight excluding hydrogens is 353 g/mol. The molecule has 1 aromatic heterocycles. The van der Waals surface area contributed by atoms with E-state index in [0.29, 0.717) is 4.60 Å². The first-order valence-electron chi connectivity index (χ1n) is 5.62. The molecule has 0 radical (unpaired) electrons. The summed E-state index contributed by atoms with van der Waals surface area (Å²) >= 11 is 3.13. The molecule has 0 aliphatic rings. The molecule has 110 valence electrons. The molecule has 1 heterocycles. The van der Waals surface area contributed by atoms with E-state index in [-0.39, 0.29) is 11.3 Å². The van der Waals surface area contributed by atoms with Gasteiger partial charge in [-0.25, -0.2) is 4.98 Å². The number of hydrogen-bond donors (Lipinski definition) is 1. The van der Waals surface area contributed by atoms with Gasteiger partial charge >= 0.3 is 6.36 Å². The molecule has 0 atom stereocenters. The molecule has 0 unspecified atom stereocenters. The number of nitrogens with one attached hydrogen (secondary N) is 1. The van der Waals surface area contributed by atoms with Crippen LogP contribution in [0.4, 0.5) is 18.9 Å². The van der Waals surface area contributed by atoms with Crippen molar-refractivity contribution in [3.05, 3.63) is 52.8 Å². The van der Waals surface area contributed by atoms with E-state index < -0.39 is 18.0 Å². The second-order valence-electron chi connectivity index (χ2n) is 3.90. The van der Waals surface area contributed by atoms with Crippen LogP contribution in [-0.4, -0.2) is 17.3 Å². The van der Waals surface area contributed by atoms with E-state index in [0.717, 1.165) is 12.1 Å². The number of ether oxygens (including phenoxy) is 1. The van der Waals surface area contributed by atoms with Crippen LogP contribution in [0, 0.1) is 0 Å². The number of rotatable bonds is 3. The van der Waals surface area contributed by atoms with Crippen molar-refractivity contribution in [2.24, 2.45) is 0 Å². The predicted molar refractivity (Wildman–Crippen MR) is 73.0 cm³/mol. The van der Waals surface area contributed by atoms with E-state index in [1.165, 1.54) is 24.4 Å². The number of carbonyl (C=O) groups is 1. The van der Waals surface area contributed by atoms with Crippen LogP contribution in [0.3, 0.4) is 0 Å². The number of alkyl halides is 3. The predicted octanol–water partition coefficient (Wildman–Crippen LogP) is 4.00. The highest BCUT2D eigenvalue weighted by molar-refractivity contribution is 9.10. The molecule has 0 bridgehead atoms. The third-order valence-corrected chi connectivity index (χ3v) is 2.78. The third-order valence-electron chi connectivity index (χ3n) is 2.32. The molecule has 0 aliphatic carbocycles. The zero-order valence-corrected chi connectivity index (χ0v) is 11.9. The maximum absolute atomic E-state index is 12.1. The normalized spacial score (nSPS) is 11.0. The Morgan fingerprint density at radius 1 is 1.24 bits per heavy atom. The second-order valence-corrected chi connectivity index (χ2v) is 4.71. The molecule has 2 aromatic rings. The summed E-state index contributed by atoms with van der Waals surface area (Å²) in [6, 6.07) is 8.13. The van der Waals surface area contributed by atoms with Crippen LogP contribution in [0.15, 0.2) is 47.2 Å². The van der Waals surface area contributed by atoms with Crippen LogP contribution < -0.4 is 10.1 Å². The van der Waals surface area contributed by atoms with Gasteiger partial charge in [0.05, 0.1) is 5.56 Å². The Balaban J connectivity index is 2.10. The van der Waals surface area contributed by atoms with E-state index in [1.807, 2.05) is 0 Å². The van der Waals surface area contributed by atoms with E-state index in [1.54, 1.807) is 6.07 Å². The summed E-state index contributed by atoms with van der Waals surface area (Å²) in [4.78, 5) is 15.8. The van der Waals surface area contributed by atoms with Gasteiger partial charge in [0.1, 0.15) is 10.4 Å². The molecule has 0 saturated carbocycles. The zero-order valence-electron chi connectivity index (χ0n) is 10.3. The van der Waals surface area contributed by atoms with Crippen molar-refractivity contribution >= 4 is 27.5 Å². The van der Waals surface area contributed by atoms with Crippen LogP contribution >= 0.6 is 15.9 Å². The van der Waals surface area contributed by atoms with Gasteiger partial charge in [-0.15, -0.1) is 13.2 Å². The Morgan fingerprint density at radius 3 is 2.62 bits per heavy atom. The molecule has 4 nitrogen and oxygen atoms in total. The van der Waals surface area contributed by atoms with Crippen molar-refractivity contribution in [2.45, 2.75) is 6.36 Å². The number of carbonyl (C=O) groups excluding carboxylic acids is 1. The van der Waals surface area contributed by atoms with Gasteiger partial charge in [0.2, 0.25) is 0 Å². The van der Waals surface area contributed by atoms with E-state index in [4.69, 9.17) is 0 Å². The fourth-order valence-electron chi connectivity index (χ4n) is 1.48. The summed E-state index contributed by atoms with van der Waals surface area (Å²) < 4.78 is 40.7. The van der Waals surface area contributed by atoms with E-state index in [2.05, 4.69) is 31.0 Å². The van der Waals surface area contributed by atoms with Crippen LogP contribution in [0.5, 0.6) is 5.75 Å². The maximum atomic E-state index is 12.1. The summed E-state index contributed by atoms with van der Waals surface area (Å²) in [5.41, 5.74) is 0.463. The van der Waals surface area contributed by atoms with Crippen LogP contribution in [-0.2, 0) is 0 Å². The first kappa shape index (κ1) is 15.3. The van der Waals surface area contributed by atoms with E-state index in [9.17, 15) is 18.0 Å². The SMILES string of the molecule is O=C(Nc1cccc(OC(F)(F)F)c1)c1ccc(Br)nc1. The van der Waals surface area contributed by atoms with Gasteiger partial charge < -0.3 is 10.1 Å². The smallest absolute Gasteiger partial charge is 0.406 e. The molecule has 0 fully saturated rings. The molecule has 0 saturated heterocycles. The van der Waals surface area contributed by atoms with E-state index >= 15 is 0 Å². The average molecular weight is 361 g/mol. The first-order valence-corrected chi connectivity index (χ1v) is 6.41. The average Bonchev–Trinajstić information content (AvgIpc) is 2.37. The number of aromatic nitrogens is 1. The molecule has 0 spiro atoms. The Morgan fingerprint density at radius 2 is 2.00 bits per heavy atom. The zero-order chi connectivity index (χ0) is 15.5. The van der Waals surface area contributed by atoms with Gasteiger partial charge in [0.15, 0.2) is 0 Å². The number of pyridine rings is 1. The van der Waals surface area contributed by atoms with Crippen molar-refractivity contribution in [3.8, 4) is 5.75 Å². The lowest BCUT2D eigenvalue weighted by Gasteiger charge is -2.10. The highest BCUT2D eigenvalue weighted by Crippen LogP contribution is 2.25. The highest BCUT2D eigenvalue weighted by Gasteiger charge is 2.31. The Bertz CT molecular complexity index is 645. The Hall–Kier alpha value is -2.09. The van der Waals surface area contributed by atoms with Gasteiger partial charge in [0.25, 0.3) is 5.91 Å². The summed E-state index contributed by atoms with van der Waals surface area (Å²) in [6.45, 7) is 0. The number of amides is 1. The van der Waals surface area contributed by atoms with Crippen molar-refractivity contribution in [1.82, 2.24) is 4.98 Å². The number of anilines is 1. The largest absolute Gasteiger partial charge is 0.573 e. The number of halogens is 4. The van der Waals surface area contributed by atoms with Crippen LogP contribution in [0.25, 0.3) is 0 Å². The summed E-state index contributed by atoms with van der Waals surface area (Å²) in [5.74, 6) is -0.895. The van der Waals surface area contributed by atoms with Crippen LogP contribution in [0.1, 0.15) is 10.4 Å². The summed E-state index contributed by atoms with van der Waals surface area (Å²) in [5, 5.41) is 2.46. The van der Waals surface area contributed by atoms with Gasteiger partial charge in [-0.2, -0.15) is 0 Å². The fraction of sp³-hybridized carbons (Fsp3) is 0.0769. The fourth-order valence-corrected chi connectivity index (χ4v) is 1.72. The monoisotopic (exact) mass is 360 g/mol. The standard InChI is InChI=1S/C13H8BrF3N2O2/c14-11-5-4-8(7-18-11)12(20)19-9-2-1-3-10(6-9)21-13(15,16)17/h1-7H,(H,19,20). The number of nitrogens with zero attached hydrogens (tertiary/aromatic N) is 1. The van der Waals surface area contributed by atoms with Crippen molar-refractivity contribution in [3.63, 3.8) is 0 Å². The van der Waals surface area contributed by atoms with Crippen LogP contribution in [0.2, 0.25) is 0 Å². The maximum Gasteiger partial charge on any atom is 0.573 e. The highest BCUT2D eigenvalue weighted by atomic mass is 79.9. The number of benzene rings is 1. The molecular formula is C13H8BrF3N2O2. The quantitative estimate of drug-likeness (QED) is 0.841. The van der Waals surface area contributed by atoms with Crippen molar-refractivity contribution in [1.29, 1.82) is 0 Å². The minimum absolute atomic E-state index is 0.185. The molecule has 1 aromatic carbocycles. The van der Waals surface area contributed by atoms with Crippen molar-refractivity contribution in [2.75, 3.05) is 5.32 Å². The lowest BCUT2D eigenvalue weighted by atomic mass is 10.2. The summed E-state index contributed by atoms with van der Waals surface area (Å²) in [6.07, 6.45) is -3.44. The Labute approximate surface area is 126 Å². The Kier molecular flexibility index (Phi) is 4.46. The minimum atomic E-state index is -4.78. The molecule has 0 aliphatic heterocycles. The molecule has 21 heavy (non-hydrogen) atoms. The molecule has 1 N–H and O–H groups in total. The second kappa shape index (κ2) is 6.13. The van der Waals surface area contributed by atoms with Gasteiger partial charge in [-0.3, -0.25) is 4.79 Å². The van der Waals surface area contributed by atoms with Gasteiger partial charge in [-0.1, -0.05) is 6.07 Å². The first-order chi connectivity index (χ1) is 9.83. The molecule has 2 rings (SSSR count). The van der Waals surface area contributed by atoms with Gasteiger partial charge in [0, 0.05) is 18.0 Å². The summed E-state index contributed by atoms with van der Waals surface area (Å²) in [7, 11) is 0. The molecule has 8 heteroatoms. The molecule has 1 amide bonds. The minimum Gasteiger partial charge on any atom is -0.406 e. The lowest BCUT2D eigenvalue weighted by Crippen LogP contribution is -2.17.